The monoisotopic (exact) mass is 293 g/mol. The number of amides is 2. The zero-order chi connectivity index (χ0) is 15.6. The van der Waals surface area contributed by atoms with Crippen LogP contribution in [0.3, 0.4) is 0 Å². The van der Waals surface area contributed by atoms with Crippen molar-refractivity contribution in [2.45, 2.75) is 18.6 Å². The summed E-state index contributed by atoms with van der Waals surface area (Å²) in [6.45, 7) is -0.102. The number of halogens is 1. The molecule has 7 nitrogen and oxygen atoms in total. The van der Waals surface area contributed by atoms with Crippen molar-refractivity contribution < 1.29 is 24.2 Å². The number of carbonyl (C=O) groups excluding carboxylic acids is 1. The van der Waals surface area contributed by atoms with Crippen LogP contribution in [-0.4, -0.2) is 45.8 Å². The van der Waals surface area contributed by atoms with Gasteiger partial charge >= 0.3 is 12.0 Å². The molecule has 2 rings (SSSR count). The van der Waals surface area contributed by atoms with Crippen molar-refractivity contribution in [3.8, 4) is 6.07 Å². The molecular weight excluding hydrogens is 281 g/mol. The van der Waals surface area contributed by atoms with Gasteiger partial charge in [0.1, 0.15) is 17.9 Å². The molecule has 21 heavy (non-hydrogen) atoms. The van der Waals surface area contributed by atoms with Gasteiger partial charge in [0, 0.05) is 18.7 Å². The fraction of sp³-hybridized carbons (Fsp3) is 0.308. The van der Waals surface area contributed by atoms with Gasteiger partial charge < -0.3 is 20.4 Å². The fourth-order valence-electron chi connectivity index (χ4n) is 2.16. The van der Waals surface area contributed by atoms with Gasteiger partial charge in [-0.1, -0.05) is 0 Å². The minimum atomic E-state index is -1.21. The van der Waals surface area contributed by atoms with Gasteiger partial charge in [-0.15, -0.1) is 0 Å². The molecule has 0 radical (unpaired) electrons. The predicted octanol–water partition coefficient (Wildman–Crippen LogP) is 0.749. The Kier molecular flexibility index (Phi) is 4.05. The van der Waals surface area contributed by atoms with E-state index in [-0.39, 0.29) is 24.2 Å². The molecule has 0 unspecified atom stereocenters. The van der Waals surface area contributed by atoms with E-state index in [1.807, 2.05) is 0 Å². The van der Waals surface area contributed by atoms with Crippen molar-refractivity contribution in [1.82, 2.24) is 4.90 Å². The Morgan fingerprint density at radius 2 is 2.19 bits per heavy atom. The maximum absolute atomic E-state index is 13.2. The number of likely N-dealkylation sites (tertiary alicyclic amines) is 1. The minimum Gasteiger partial charge on any atom is -0.480 e. The topological polar surface area (TPSA) is 114 Å². The Morgan fingerprint density at radius 3 is 2.81 bits per heavy atom. The standard InChI is InChI=1S/C13H12FN3O4/c14-10-2-1-8(3-7(10)5-15)16-13(21)17-6-9(18)4-11(17)12(19)20/h1-3,9,11,18H,4,6H2,(H,16,21)(H,19,20)/t9-,11+/m1/s1. The van der Waals surface area contributed by atoms with E-state index in [1.165, 1.54) is 6.07 Å². The smallest absolute Gasteiger partial charge is 0.326 e. The molecule has 1 heterocycles. The summed E-state index contributed by atoms with van der Waals surface area (Å²) >= 11 is 0. The van der Waals surface area contributed by atoms with Crippen molar-refractivity contribution in [2.75, 3.05) is 11.9 Å². The molecule has 3 N–H and O–H groups in total. The largest absolute Gasteiger partial charge is 0.480 e. The Labute approximate surface area is 119 Å². The second-order valence-electron chi connectivity index (χ2n) is 4.63. The van der Waals surface area contributed by atoms with Gasteiger partial charge in [0.15, 0.2) is 0 Å². The van der Waals surface area contributed by atoms with Crippen LogP contribution in [0.4, 0.5) is 14.9 Å². The van der Waals surface area contributed by atoms with Gasteiger partial charge in [0.05, 0.1) is 11.7 Å². The number of carbonyl (C=O) groups is 2. The van der Waals surface area contributed by atoms with E-state index >= 15 is 0 Å². The molecule has 0 bridgehead atoms. The summed E-state index contributed by atoms with van der Waals surface area (Å²) in [6, 6.07) is 3.23. The molecule has 1 aliphatic rings. The van der Waals surface area contributed by atoms with Gasteiger partial charge in [0.25, 0.3) is 0 Å². The lowest BCUT2D eigenvalue weighted by Gasteiger charge is -2.21. The molecule has 1 saturated heterocycles. The number of rotatable bonds is 2. The second-order valence-corrected chi connectivity index (χ2v) is 4.63. The zero-order valence-electron chi connectivity index (χ0n) is 10.8. The first-order chi connectivity index (χ1) is 9.92. The van der Waals surface area contributed by atoms with Crippen LogP contribution in [0.2, 0.25) is 0 Å². The van der Waals surface area contributed by atoms with Gasteiger partial charge in [-0.25, -0.2) is 14.0 Å². The number of nitrogens with zero attached hydrogens (tertiary/aromatic N) is 2. The van der Waals surface area contributed by atoms with Crippen LogP contribution in [-0.2, 0) is 4.79 Å². The molecule has 8 heteroatoms. The lowest BCUT2D eigenvalue weighted by molar-refractivity contribution is -0.141. The molecule has 2 amide bonds. The van der Waals surface area contributed by atoms with Crippen LogP contribution in [0, 0.1) is 17.1 Å². The van der Waals surface area contributed by atoms with E-state index < -0.39 is 30.0 Å². The molecule has 1 fully saturated rings. The van der Waals surface area contributed by atoms with E-state index in [9.17, 15) is 19.1 Å². The number of benzene rings is 1. The number of nitriles is 1. The van der Waals surface area contributed by atoms with Crippen molar-refractivity contribution in [3.05, 3.63) is 29.6 Å². The van der Waals surface area contributed by atoms with Gasteiger partial charge in [0.2, 0.25) is 0 Å². The molecule has 0 aromatic heterocycles. The number of aliphatic hydroxyl groups is 1. The highest BCUT2D eigenvalue weighted by atomic mass is 19.1. The lowest BCUT2D eigenvalue weighted by Crippen LogP contribution is -2.43. The van der Waals surface area contributed by atoms with Crippen LogP contribution in [0.25, 0.3) is 0 Å². The summed E-state index contributed by atoms with van der Waals surface area (Å²) in [5.41, 5.74) is -0.0625. The van der Waals surface area contributed by atoms with Crippen LogP contribution in [0.1, 0.15) is 12.0 Å². The summed E-state index contributed by atoms with van der Waals surface area (Å²) in [5, 5.41) is 29.6. The fourth-order valence-corrected chi connectivity index (χ4v) is 2.16. The number of β-amino-alcohol motifs (C(OH)–C–C–N with tert-alkyl or cyclic N) is 1. The number of hydrogen-bond acceptors (Lipinski definition) is 4. The second kappa shape index (κ2) is 5.76. The molecule has 2 atom stereocenters. The molecule has 0 aliphatic carbocycles. The number of hydrogen-bond donors (Lipinski definition) is 3. The Bertz CT molecular complexity index is 628. The van der Waals surface area contributed by atoms with Crippen LogP contribution < -0.4 is 5.32 Å². The lowest BCUT2D eigenvalue weighted by atomic mass is 10.2. The predicted molar refractivity (Wildman–Crippen MR) is 68.9 cm³/mol. The summed E-state index contributed by atoms with van der Waals surface area (Å²) in [6.07, 6.45) is -0.949. The van der Waals surface area contributed by atoms with Crippen LogP contribution in [0.15, 0.2) is 18.2 Å². The van der Waals surface area contributed by atoms with E-state index in [4.69, 9.17) is 10.4 Å². The van der Waals surface area contributed by atoms with Crippen molar-refractivity contribution in [3.63, 3.8) is 0 Å². The molecule has 1 aromatic carbocycles. The van der Waals surface area contributed by atoms with Crippen LogP contribution in [0.5, 0.6) is 0 Å². The number of aliphatic hydroxyl groups excluding tert-OH is 1. The average Bonchev–Trinajstić information content (AvgIpc) is 2.83. The van der Waals surface area contributed by atoms with Gasteiger partial charge in [-0.3, -0.25) is 0 Å². The molecule has 1 aromatic rings. The Hall–Kier alpha value is -2.66. The molecular formula is C13H12FN3O4. The van der Waals surface area contributed by atoms with Gasteiger partial charge in [-0.05, 0) is 18.2 Å². The average molecular weight is 293 g/mol. The summed E-state index contributed by atoms with van der Waals surface area (Å²) in [4.78, 5) is 24.0. The zero-order valence-corrected chi connectivity index (χ0v) is 10.8. The third-order valence-corrected chi connectivity index (χ3v) is 3.16. The quantitative estimate of drug-likeness (QED) is 0.744. The number of carboxylic acid groups (broad SMARTS) is 1. The third kappa shape index (κ3) is 3.09. The van der Waals surface area contributed by atoms with Crippen molar-refractivity contribution >= 4 is 17.7 Å². The molecule has 0 spiro atoms. The summed E-state index contributed by atoms with van der Waals surface area (Å²) in [5.74, 6) is -1.92. The first-order valence-electron chi connectivity index (χ1n) is 6.10. The minimum absolute atomic E-state index is 0.0460. The van der Waals surface area contributed by atoms with Crippen LogP contribution >= 0.6 is 0 Å². The highest BCUT2D eigenvalue weighted by Gasteiger charge is 2.39. The maximum atomic E-state index is 13.2. The normalized spacial score (nSPS) is 20.9. The SMILES string of the molecule is N#Cc1cc(NC(=O)N2C[C@H](O)C[C@H]2C(=O)O)ccc1F. The highest BCUT2D eigenvalue weighted by Crippen LogP contribution is 2.20. The maximum Gasteiger partial charge on any atom is 0.326 e. The number of carboxylic acids is 1. The number of urea groups is 1. The van der Waals surface area contributed by atoms with Crippen molar-refractivity contribution in [2.24, 2.45) is 0 Å². The molecule has 1 aliphatic heterocycles. The third-order valence-electron chi connectivity index (χ3n) is 3.16. The number of aliphatic carboxylic acids is 1. The van der Waals surface area contributed by atoms with E-state index in [0.29, 0.717) is 0 Å². The first-order valence-corrected chi connectivity index (χ1v) is 6.10. The van der Waals surface area contributed by atoms with E-state index in [2.05, 4.69) is 5.32 Å². The summed E-state index contributed by atoms with van der Waals surface area (Å²) in [7, 11) is 0. The summed E-state index contributed by atoms with van der Waals surface area (Å²) < 4.78 is 13.2. The van der Waals surface area contributed by atoms with Gasteiger partial charge in [-0.2, -0.15) is 5.26 Å². The molecule has 110 valence electrons. The highest BCUT2D eigenvalue weighted by molar-refractivity contribution is 5.93. The number of anilines is 1. The number of nitrogens with one attached hydrogen (secondary N) is 1. The van der Waals surface area contributed by atoms with E-state index in [0.717, 1.165) is 17.0 Å². The molecule has 0 saturated carbocycles. The Morgan fingerprint density at radius 1 is 1.48 bits per heavy atom. The van der Waals surface area contributed by atoms with E-state index in [1.54, 1.807) is 6.07 Å². The Balaban J connectivity index is 2.14. The van der Waals surface area contributed by atoms with Crippen molar-refractivity contribution in [1.29, 1.82) is 5.26 Å². The first kappa shape index (κ1) is 14.7.